The molecule has 0 spiro atoms. The van der Waals surface area contributed by atoms with E-state index in [1.165, 1.54) is 11.3 Å². The van der Waals surface area contributed by atoms with Crippen molar-refractivity contribution in [3.63, 3.8) is 0 Å². The zero-order chi connectivity index (χ0) is 22.1. The molecule has 2 saturated heterocycles. The minimum absolute atomic E-state index is 0.00278. The average Bonchev–Trinajstić information content (AvgIpc) is 3.47. The Morgan fingerprint density at radius 3 is 2.77 bits per heavy atom. The summed E-state index contributed by atoms with van der Waals surface area (Å²) in [5.74, 6) is -0.219. The third kappa shape index (κ3) is 4.53. The average molecular weight is 505 g/mol. The molecule has 1 unspecified atom stereocenters. The first-order chi connectivity index (χ1) is 14.9. The van der Waals surface area contributed by atoms with E-state index in [4.69, 9.17) is 5.73 Å². The molecule has 3 amide bonds. The minimum atomic E-state index is -0.252. The number of thiophene rings is 1. The molecule has 1 aromatic carbocycles. The molecule has 2 aliphatic rings. The molecule has 164 valence electrons. The molecule has 3 N–H and O–H groups in total. The van der Waals surface area contributed by atoms with Crippen molar-refractivity contribution in [2.75, 3.05) is 24.5 Å². The molecule has 2 aliphatic heterocycles. The van der Waals surface area contributed by atoms with Gasteiger partial charge in [0, 0.05) is 43.3 Å². The number of hydrogen-bond donors (Lipinski definition) is 2. The van der Waals surface area contributed by atoms with Crippen LogP contribution in [0.25, 0.3) is 0 Å². The molecule has 1 aromatic heterocycles. The normalized spacial score (nSPS) is 21.1. The number of nitrogens with zero attached hydrogens (tertiary/aromatic N) is 2. The van der Waals surface area contributed by atoms with Crippen LogP contribution in [0.5, 0.6) is 0 Å². The van der Waals surface area contributed by atoms with Gasteiger partial charge >= 0.3 is 0 Å². The zero-order valence-corrected chi connectivity index (χ0v) is 19.7. The van der Waals surface area contributed by atoms with Gasteiger partial charge in [-0.25, -0.2) is 0 Å². The first-order valence-electron chi connectivity index (χ1n) is 10.4. The fourth-order valence-electron chi connectivity index (χ4n) is 4.31. The maximum atomic E-state index is 13.0. The van der Waals surface area contributed by atoms with Crippen LogP contribution in [0.1, 0.15) is 44.9 Å². The van der Waals surface area contributed by atoms with Crippen LogP contribution in [0.4, 0.5) is 5.69 Å². The number of halogens is 1. The van der Waals surface area contributed by atoms with Gasteiger partial charge in [0.1, 0.15) is 0 Å². The largest absolute Gasteiger partial charge is 0.346 e. The molecule has 31 heavy (non-hydrogen) atoms. The number of benzene rings is 1. The molecule has 4 rings (SSSR count). The van der Waals surface area contributed by atoms with E-state index in [2.05, 4.69) is 21.2 Å². The van der Waals surface area contributed by atoms with Crippen LogP contribution in [0.3, 0.4) is 0 Å². The lowest BCUT2D eigenvalue weighted by atomic mass is 10.1. The summed E-state index contributed by atoms with van der Waals surface area (Å²) in [6.07, 6.45) is 2.17. The second kappa shape index (κ2) is 9.10. The van der Waals surface area contributed by atoms with Crippen molar-refractivity contribution in [1.29, 1.82) is 0 Å². The van der Waals surface area contributed by atoms with Crippen LogP contribution in [0.2, 0.25) is 0 Å². The van der Waals surface area contributed by atoms with Crippen LogP contribution in [-0.4, -0.2) is 54.3 Å². The number of carbonyl (C=O) groups is 3. The highest BCUT2D eigenvalue weighted by Gasteiger charge is 2.33. The van der Waals surface area contributed by atoms with E-state index in [0.717, 1.165) is 34.4 Å². The standard InChI is InChI=1S/C22H25BrN4O3S/c1-13-9-15(4-5-17(13)22(30)26-8-2-3-16(26)11-24)27-12-14(10-20(27)28)25-21(29)18-6-7-19(23)31-18/h4-7,9,14,16H,2-3,8,10-12,24H2,1H3,(H,25,29)/t14?,16-/m1/s1. The van der Waals surface area contributed by atoms with E-state index in [9.17, 15) is 14.4 Å². The minimum Gasteiger partial charge on any atom is -0.346 e. The summed E-state index contributed by atoms with van der Waals surface area (Å²) in [7, 11) is 0. The van der Waals surface area contributed by atoms with Crippen molar-refractivity contribution < 1.29 is 14.4 Å². The SMILES string of the molecule is Cc1cc(N2CC(NC(=O)c3ccc(Br)s3)CC2=O)ccc1C(=O)N1CCC[C@@H]1CN. The summed E-state index contributed by atoms with van der Waals surface area (Å²) in [4.78, 5) is 42.1. The molecule has 3 heterocycles. The summed E-state index contributed by atoms with van der Waals surface area (Å²) in [6.45, 7) is 3.50. The molecular weight excluding hydrogens is 480 g/mol. The molecule has 0 aliphatic carbocycles. The Bertz CT molecular complexity index is 1020. The van der Waals surface area contributed by atoms with Gasteiger partial charge in [0.25, 0.3) is 11.8 Å². The maximum Gasteiger partial charge on any atom is 0.261 e. The molecule has 0 saturated carbocycles. The fourth-order valence-corrected chi connectivity index (χ4v) is 5.59. The van der Waals surface area contributed by atoms with Gasteiger partial charge in [-0.2, -0.15) is 0 Å². The summed E-state index contributed by atoms with van der Waals surface area (Å²) in [6, 6.07) is 8.91. The smallest absolute Gasteiger partial charge is 0.261 e. The Balaban J connectivity index is 1.45. The Kier molecular flexibility index (Phi) is 6.45. The van der Waals surface area contributed by atoms with E-state index in [1.807, 2.05) is 30.0 Å². The van der Waals surface area contributed by atoms with Crippen molar-refractivity contribution >= 4 is 50.7 Å². The van der Waals surface area contributed by atoms with Gasteiger partial charge in [-0.3, -0.25) is 14.4 Å². The van der Waals surface area contributed by atoms with Gasteiger partial charge in [0.15, 0.2) is 0 Å². The number of anilines is 1. The fraction of sp³-hybridized carbons (Fsp3) is 0.409. The highest BCUT2D eigenvalue weighted by Crippen LogP contribution is 2.27. The van der Waals surface area contributed by atoms with E-state index in [0.29, 0.717) is 23.5 Å². The third-order valence-electron chi connectivity index (χ3n) is 5.92. The predicted molar refractivity (Wildman–Crippen MR) is 125 cm³/mol. The number of carbonyl (C=O) groups excluding carboxylic acids is 3. The predicted octanol–water partition coefficient (Wildman–Crippen LogP) is 2.92. The van der Waals surface area contributed by atoms with Crippen LogP contribution in [-0.2, 0) is 4.79 Å². The molecule has 0 radical (unpaired) electrons. The van der Waals surface area contributed by atoms with Crippen molar-refractivity contribution in [2.45, 2.75) is 38.3 Å². The topological polar surface area (TPSA) is 95.7 Å². The lowest BCUT2D eigenvalue weighted by molar-refractivity contribution is -0.117. The highest BCUT2D eigenvalue weighted by atomic mass is 79.9. The van der Waals surface area contributed by atoms with Gasteiger partial charge in [-0.05, 0) is 71.6 Å². The van der Waals surface area contributed by atoms with Crippen molar-refractivity contribution in [2.24, 2.45) is 5.73 Å². The number of amides is 3. The number of hydrogen-bond acceptors (Lipinski definition) is 5. The lowest BCUT2D eigenvalue weighted by Gasteiger charge is -2.25. The molecule has 7 nitrogen and oxygen atoms in total. The first-order valence-corrected chi connectivity index (χ1v) is 12.0. The lowest BCUT2D eigenvalue weighted by Crippen LogP contribution is -2.40. The second-order valence-corrected chi connectivity index (χ2v) is 10.5. The molecule has 2 fully saturated rings. The second-order valence-electron chi connectivity index (χ2n) is 8.01. The van der Waals surface area contributed by atoms with Crippen molar-refractivity contribution in [3.05, 3.63) is 50.1 Å². The Hall–Kier alpha value is -2.23. The molecule has 9 heteroatoms. The van der Waals surface area contributed by atoms with Crippen LogP contribution >= 0.6 is 27.3 Å². The third-order valence-corrected chi connectivity index (χ3v) is 7.54. The number of nitrogens with one attached hydrogen (secondary N) is 1. The van der Waals surface area contributed by atoms with Crippen LogP contribution in [0.15, 0.2) is 34.1 Å². The van der Waals surface area contributed by atoms with Crippen molar-refractivity contribution in [3.8, 4) is 0 Å². The molecule has 0 bridgehead atoms. The molecule has 2 atom stereocenters. The van der Waals surface area contributed by atoms with Crippen LogP contribution in [0, 0.1) is 6.92 Å². The maximum absolute atomic E-state index is 13.0. The van der Waals surface area contributed by atoms with E-state index in [1.54, 1.807) is 17.0 Å². The van der Waals surface area contributed by atoms with Gasteiger partial charge < -0.3 is 20.9 Å². The summed E-state index contributed by atoms with van der Waals surface area (Å²) in [5.41, 5.74) is 8.03. The number of aryl methyl sites for hydroxylation is 1. The molecular formula is C22H25BrN4O3S. The summed E-state index contributed by atoms with van der Waals surface area (Å²) in [5, 5.41) is 2.95. The number of rotatable bonds is 5. The summed E-state index contributed by atoms with van der Waals surface area (Å²) >= 11 is 4.72. The van der Waals surface area contributed by atoms with Gasteiger partial charge in [0.2, 0.25) is 5.91 Å². The highest BCUT2D eigenvalue weighted by molar-refractivity contribution is 9.11. The Labute approximate surface area is 193 Å². The van der Waals surface area contributed by atoms with Crippen molar-refractivity contribution in [1.82, 2.24) is 10.2 Å². The van der Waals surface area contributed by atoms with Crippen LogP contribution < -0.4 is 16.0 Å². The zero-order valence-electron chi connectivity index (χ0n) is 17.3. The Morgan fingerprint density at radius 2 is 2.10 bits per heavy atom. The van der Waals surface area contributed by atoms with E-state index < -0.39 is 0 Å². The van der Waals surface area contributed by atoms with E-state index in [-0.39, 0.29) is 36.2 Å². The Morgan fingerprint density at radius 1 is 1.29 bits per heavy atom. The van der Waals surface area contributed by atoms with Gasteiger partial charge in [0.05, 0.1) is 14.7 Å². The monoisotopic (exact) mass is 504 g/mol. The first kappa shape index (κ1) is 22.0. The van der Waals surface area contributed by atoms with Gasteiger partial charge in [-0.1, -0.05) is 0 Å². The van der Waals surface area contributed by atoms with E-state index >= 15 is 0 Å². The number of nitrogens with two attached hydrogens (primary N) is 1. The van der Waals surface area contributed by atoms with Gasteiger partial charge in [-0.15, -0.1) is 11.3 Å². The molecule has 2 aromatic rings. The number of likely N-dealkylation sites (tertiary alicyclic amines) is 1. The quantitative estimate of drug-likeness (QED) is 0.654. The summed E-state index contributed by atoms with van der Waals surface area (Å²) < 4.78 is 0.888.